The molecule has 3 atom stereocenters. The minimum atomic E-state index is -0.264. The Morgan fingerprint density at radius 3 is 2.48 bits per heavy atom. The third-order valence-electron chi connectivity index (χ3n) is 5.25. The van der Waals surface area contributed by atoms with Crippen molar-refractivity contribution >= 4 is 5.71 Å². The van der Waals surface area contributed by atoms with Crippen molar-refractivity contribution in [2.45, 2.75) is 37.3 Å². The van der Waals surface area contributed by atoms with Crippen molar-refractivity contribution in [2.24, 2.45) is 4.99 Å². The Balaban J connectivity index is 1.90. The summed E-state index contributed by atoms with van der Waals surface area (Å²) in [6.07, 6.45) is 5.75. The summed E-state index contributed by atoms with van der Waals surface area (Å²) in [6, 6.07) is 8.22. The molecule has 0 amide bonds. The molecule has 5 nitrogen and oxygen atoms in total. The predicted molar refractivity (Wildman–Crippen MR) is 95.8 cm³/mol. The Labute approximate surface area is 147 Å². The molecule has 0 saturated heterocycles. The lowest BCUT2D eigenvalue weighted by Gasteiger charge is -2.37. The van der Waals surface area contributed by atoms with E-state index in [0.717, 1.165) is 41.9 Å². The Morgan fingerprint density at radius 2 is 1.76 bits per heavy atom. The second-order valence-corrected chi connectivity index (χ2v) is 6.65. The fourth-order valence-corrected chi connectivity index (χ4v) is 4.00. The van der Waals surface area contributed by atoms with Crippen LogP contribution in [0, 0.1) is 0 Å². The van der Waals surface area contributed by atoms with Crippen LogP contribution >= 0.6 is 0 Å². The first kappa shape index (κ1) is 16.1. The standard InChI is InChI=1S/C20H22N2O3/c1-24-18-10-14-15-9-13(23)3-4-17(15)22-20(12-5-7-21-8-6-12)16(14)11-19(18)25-2/h5-8,10-11,13,15,17,23H,3-4,9H2,1-2H3. The summed E-state index contributed by atoms with van der Waals surface area (Å²) in [5.74, 6) is 1.62. The van der Waals surface area contributed by atoms with Gasteiger partial charge in [0.2, 0.25) is 0 Å². The SMILES string of the molecule is COc1cc2c(cc1OC)C1CC(O)CCC1N=C2c1ccncc1. The van der Waals surface area contributed by atoms with Crippen LogP contribution in [0.5, 0.6) is 11.5 Å². The van der Waals surface area contributed by atoms with Crippen molar-refractivity contribution in [1.29, 1.82) is 0 Å². The molecule has 4 rings (SSSR count). The van der Waals surface area contributed by atoms with Crippen molar-refractivity contribution < 1.29 is 14.6 Å². The average molecular weight is 338 g/mol. The normalized spacial score (nSPS) is 24.8. The van der Waals surface area contributed by atoms with Crippen LogP contribution in [0.15, 0.2) is 41.7 Å². The quantitative estimate of drug-likeness (QED) is 0.934. The fourth-order valence-electron chi connectivity index (χ4n) is 4.00. The van der Waals surface area contributed by atoms with Gasteiger partial charge in [-0.25, -0.2) is 0 Å². The van der Waals surface area contributed by atoms with Gasteiger partial charge in [0.1, 0.15) is 0 Å². The number of aliphatic hydroxyl groups is 1. The molecule has 3 unspecified atom stereocenters. The number of pyridine rings is 1. The Bertz CT molecular complexity index is 804. The molecule has 1 N–H and O–H groups in total. The molecule has 5 heteroatoms. The molecule has 0 bridgehead atoms. The Morgan fingerprint density at radius 1 is 1.04 bits per heavy atom. The zero-order valence-corrected chi connectivity index (χ0v) is 14.5. The van der Waals surface area contributed by atoms with Gasteiger partial charge in [0.25, 0.3) is 0 Å². The van der Waals surface area contributed by atoms with E-state index in [0.29, 0.717) is 5.75 Å². The number of hydrogen-bond donors (Lipinski definition) is 1. The van der Waals surface area contributed by atoms with E-state index in [9.17, 15) is 5.11 Å². The number of aromatic nitrogens is 1. The number of aliphatic hydroxyl groups excluding tert-OH is 1. The van der Waals surface area contributed by atoms with Gasteiger partial charge in [-0.05, 0) is 49.1 Å². The first-order valence-electron chi connectivity index (χ1n) is 8.63. The summed E-state index contributed by atoms with van der Waals surface area (Å²) in [6.45, 7) is 0. The van der Waals surface area contributed by atoms with Gasteiger partial charge in [-0.2, -0.15) is 0 Å². The summed E-state index contributed by atoms with van der Waals surface area (Å²) in [5, 5.41) is 10.2. The second-order valence-electron chi connectivity index (χ2n) is 6.65. The van der Waals surface area contributed by atoms with Gasteiger partial charge in [-0.15, -0.1) is 0 Å². The Kier molecular flexibility index (Phi) is 4.17. The van der Waals surface area contributed by atoms with Crippen molar-refractivity contribution in [3.05, 3.63) is 53.3 Å². The van der Waals surface area contributed by atoms with Crippen molar-refractivity contribution in [1.82, 2.24) is 4.98 Å². The fraction of sp³-hybridized carbons (Fsp3) is 0.400. The molecule has 1 aromatic carbocycles. The van der Waals surface area contributed by atoms with Crippen LogP contribution < -0.4 is 9.47 Å². The summed E-state index contributed by atoms with van der Waals surface area (Å²) in [7, 11) is 3.29. The number of fused-ring (bicyclic) bond motifs is 3. The maximum Gasteiger partial charge on any atom is 0.161 e. The largest absolute Gasteiger partial charge is 0.493 e. The van der Waals surface area contributed by atoms with E-state index >= 15 is 0 Å². The number of ether oxygens (including phenoxy) is 2. The maximum absolute atomic E-state index is 10.2. The number of benzene rings is 1. The van der Waals surface area contributed by atoms with E-state index < -0.39 is 0 Å². The van der Waals surface area contributed by atoms with Crippen LogP contribution in [0.4, 0.5) is 0 Å². The highest BCUT2D eigenvalue weighted by molar-refractivity contribution is 6.14. The third kappa shape index (κ3) is 2.78. The van der Waals surface area contributed by atoms with Crippen molar-refractivity contribution in [2.75, 3.05) is 14.2 Å². The van der Waals surface area contributed by atoms with Gasteiger partial charge in [0.05, 0.1) is 32.1 Å². The smallest absolute Gasteiger partial charge is 0.161 e. The van der Waals surface area contributed by atoms with Crippen LogP contribution in [0.1, 0.15) is 41.9 Å². The van der Waals surface area contributed by atoms with Crippen LogP contribution in [0.25, 0.3) is 0 Å². The van der Waals surface area contributed by atoms with Gasteiger partial charge in [0.15, 0.2) is 11.5 Å². The summed E-state index contributed by atoms with van der Waals surface area (Å²) in [4.78, 5) is 9.18. The van der Waals surface area contributed by atoms with Crippen LogP contribution in [0.2, 0.25) is 0 Å². The van der Waals surface area contributed by atoms with E-state index in [1.54, 1.807) is 26.6 Å². The topological polar surface area (TPSA) is 63.9 Å². The van der Waals surface area contributed by atoms with Gasteiger partial charge >= 0.3 is 0 Å². The molecule has 25 heavy (non-hydrogen) atoms. The molecule has 1 aliphatic heterocycles. The highest BCUT2D eigenvalue weighted by atomic mass is 16.5. The number of hydrogen-bond acceptors (Lipinski definition) is 5. The Hall–Kier alpha value is -2.40. The highest BCUT2D eigenvalue weighted by Crippen LogP contribution is 2.44. The summed E-state index contributed by atoms with van der Waals surface area (Å²) >= 11 is 0. The molecule has 2 heterocycles. The number of nitrogens with zero attached hydrogens (tertiary/aromatic N) is 2. The lowest BCUT2D eigenvalue weighted by molar-refractivity contribution is 0.111. The first-order valence-corrected chi connectivity index (χ1v) is 8.63. The van der Waals surface area contributed by atoms with Crippen LogP contribution in [-0.4, -0.2) is 42.2 Å². The van der Waals surface area contributed by atoms with Gasteiger partial charge in [-0.1, -0.05) is 0 Å². The van der Waals surface area contributed by atoms with E-state index in [-0.39, 0.29) is 18.1 Å². The zero-order valence-electron chi connectivity index (χ0n) is 14.5. The minimum absolute atomic E-state index is 0.192. The molecular weight excluding hydrogens is 316 g/mol. The maximum atomic E-state index is 10.2. The van der Waals surface area contributed by atoms with Crippen LogP contribution in [-0.2, 0) is 0 Å². The van der Waals surface area contributed by atoms with Gasteiger partial charge in [-0.3, -0.25) is 9.98 Å². The minimum Gasteiger partial charge on any atom is -0.493 e. The predicted octanol–water partition coefficient (Wildman–Crippen LogP) is 2.95. The summed E-state index contributed by atoms with van der Waals surface area (Å²) in [5.41, 5.74) is 4.26. The molecule has 1 aromatic heterocycles. The molecule has 2 aromatic rings. The van der Waals surface area contributed by atoms with E-state index in [1.165, 1.54) is 5.56 Å². The van der Waals surface area contributed by atoms with Gasteiger partial charge < -0.3 is 14.6 Å². The highest BCUT2D eigenvalue weighted by Gasteiger charge is 2.37. The molecule has 0 spiro atoms. The first-order chi connectivity index (χ1) is 12.2. The molecule has 130 valence electrons. The van der Waals surface area contributed by atoms with Crippen LogP contribution in [0.3, 0.4) is 0 Å². The average Bonchev–Trinajstić information content (AvgIpc) is 2.67. The second kappa shape index (κ2) is 6.48. The van der Waals surface area contributed by atoms with Gasteiger partial charge in [0, 0.05) is 29.4 Å². The van der Waals surface area contributed by atoms with Crippen molar-refractivity contribution in [3.8, 4) is 11.5 Å². The van der Waals surface area contributed by atoms with Crippen molar-refractivity contribution in [3.63, 3.8) is 0 Å². The number of methoxy groups -OCH3 is 2. The van der Waals surface area contributed by atoms with E-state index in [1.807, 2.05) is 18.2 Å². The zero-order chi connectivity index (χ0) is 17.4. The van der Waals surface area contributed by atoms with E-state index in [2.05, 4.69) is 11.1 Å². The molecule has 1 aliphatic carbocycles. The van der Waals surface area contributed by atoms with E-state index in [4.69, 9.17) is 14.5 Å². The summed E-state index contributed by atoms with van der Waals surface area (Å²) < 4.78 is 11.0. The monoisotopic (exact) mass is 338 g/mol. The molecule has 2 aliphatic rings. The molecule has 1 saturated carbocycles. The lowest BCUT2D eigenvalue weighted by Crippen LogP contribution is -2.34. The molecular formula is C20H22N2O3. The third-order valence-corrected chi connectivity index (χ3v) is 5.25. The number of aliphatic imine (C=N–C) groups is 1. The molecule has 1 fully saturated rings. The lowest BCUT2D eigenvalue weighted by atomic mass is 9.74. The molecule has 0 radical (unpaired) electrons. The number of rotatable bonds is 3.